The Kier molecular flexibility index (Phi) is 11.4. The third-order valence-electron chi connectivity index (χ3n) is 3.82. The number of rotatable bonds is 12. The highest BCUT2D eigenvalue weighted by Gasteiger charge is 2.34. The third-order valence-corrected chi connectivity index (χ3v) is 8.57. The fourth-order valence-corrected chi connectivity index (χ4v) is 7.17. The molecule has 0 heterocycles. The maximum Gasteiger partial charge on any atom is 0.275 e. The standard InChI is InChI=1S/C16H33O2P/c1-5-8-12-19(13-9-6-2,14-10-7-3)15-11-16(17)18-4/h11H,5-10,12-15H2,1-4H3/p+1/b16-11+. The SMILES string of the molecule is CCCC[P+](C/C=C(\O)OC)(CCCC)CCCC. The van der Waals surface area contributed by atoms with Crippen LogP contribution >= 0.6 is 7.26 Å². The molecule has 0 saturated heterocycles. The van der Waals surface area contributed by atoms with Crippen LogP contribution in [0.5, 0.6) is 0 Å². The maximum atomic E-state index is 9.55. The van der Waals surface area contributed by atoms with Gasteiger partial charge in [0.05, 0.1) is 31.8 Å². The van der Waals surface area contributed by atoms with Crippen molar-refractivity contribution in [1.82, 2.24) is 0 Å². The molecule has 19 heavy (non-hydrogen) atoms. The minimum atomic E-state index is -0.929. The highest BCUT2D eigenvalue weighted by atomic mass is 31.2. The average molecular weight is 289 g/mol. The molecule has 0 fully saturated rings. The van der Waals surface area contributed by atoms with Gasteiger partial charge in [0.2, 0.25) is 0 Å². The first-order valence-corrected chi connectivity index (χ1v) is 10.4. The molecule has 0 atom stereocenters. The largest absolute Gasteiger partial charge is 0.481 e. The molecule has 0 aliphatic rings. The number of allylic oxidation sites excluding steroid dienone is 1. The molecule has 0 spiro atoms. The normalized spacial score (nSPS) is 12.7. The van der Waals surface area contributed by atoms with Crippen molar-refractivity contribution in [3.8, 4) is 0 Å². The molecule has 0 aromatic rings. The molecule has 0 aliphatic carbocycles. The zero-order valence-electron chi connectivity index (χ0n) is 13.5. The van der Waals surface area contributed by atoms with Crippen LogP contribution in [-0.4, -0.2) is 36.9 Å². The lowest BCUT2D eigenvalue weighted by Gasteiger charge is -2.26. The Bertz CT molecular complexity index is 217. The molecule has 3 heteroatoms. The van der Waals surface area contributed by atoms with Gasteiger partial charge in [-0.05, 0) is 19.3 Å². The van der Waals surface area contributed by atoms with E-state index in [4.69, 9.17) is 4.74 Å². The Morgan fingerprint density at radius 1 is 0.947 bits per heavy atom. The van der Waals surface area contributed by atoms with Crippen LogP contribution in [-0.2, 0) is 4.74 Å². The number of ether oxygens (including phenoxy) is 1. The van der Waals surface area contributed by atoms with Gasteiger partial charge in [0.25, 0.3) is 5.95 Å². The minimum absolute atomic E-state index is 0.105. The smallest absolute Gasteiger partial charge is 0.275 e. The van der Waals surface area contributed by atoms with Gasteiger partial charge in [0.15, 0.2) is 0 Å². The zero-order valence-corrected chi connectivity index (χ0v) is 14.3. The highest BCUT2D eigenvalue weighted by Crippen LogP contribution is 2.60. The molecule has 0 unspecified atom stereocenters. The van der Waals surface area contributed by atoms with E-state index in [9.17, 15) is 5.11 Å². The van der Waals surface area contributed by atoms with E-state index >= 15 is 0 Å². The second kappa shape index (κ2) is 11.6. The van der Waals surface area contributed by atoms with Crippen LogP contribution in [0, 0.1) is 0 Å². The summed E-state index contributed by atoms with van der Waals surface area (Å²) in [7, 11) is 0.609. The quantitative estimate of drug-likeness (QED) is 0.382. The lowest BCUT2D eigenvalue weighted by atomic mass is 10.4. The zero-order chi connectivity index (χ0) is 14.6. The molecule has 1 N–H and O–H groups in total. The topological polar surface area (TPSA) is 29.5 Å². The van der Waals surface area contributed by atoms with Crippen LogP contribution < -0.4 is 0 Å². The van der Waals surface area contributed by atoms with E-state index in [1.54, 1.807) is 0 Å². The molecule has 0 amide bonds. The molecule has 0 aliphatic heterocycles. The number of aliphatic hydroxyl groups is 1. The summed E-state index contributed by atoms with van der Waals surface area (Å²) in [4.78, 5) is 0. The van der Waals surface area contributed by atoms with E-state index < -0.39 is 7.26 Å². The monoisotopic (exact) mass is 289 g/mol. The van der Waals surface area contributed by atoms with Crippen molar-refractivity contribution in [1.29, 1.82) is 0 Å². The summed E-state index contributed by atoms with van der Waals surface area (Å²) < 4.78 is 4.89. The number of methoxy groups -OCH3 is 1. The van der Waals surface area contributed by atoms with Crippen molar-refractivity contribution in [2.45, 2.75) is 59.3 Å². The first-order chi connectivity index (χ1) is 9.14. The van der Waals surface area contributed by atoms with Crippen molar-refractivity contribution < 1.29 is 9.84 Å². The minimum Gasteiger partial charge on any atom is -0.481 e. The van der Waals surface area contributed by atoms with E-state index in [1.807, 2.05) is 6.08 Å². The fraction of sp³-hybridized carbons (Fsp3) is 0.875. The first kappa shape index (κ1) is 18.8. The van der Waals surface area contributed by atoms with E-state index in [0.29, 0.717) is 0 Å². The number of unbranched alkanes of at least 4 members (excludes halogenated alkanes) is 3. The van der Waals surface area contributed by atoms with Gasteiger partial charge in [-0.3, -0.25) is 0 Å². The molecule has 0 bridgehead atoms. The summed E-state index contributed by atoms with van der Waals surface area (Å²) in [6.45, 7) is 6.82. The Labute approximate surface area is 121 Å². The Hall–Kier alpha value is -0.230. The van der Waals surface area contributed by atoms with Gasteiger partial charge >= 0.3 is 0 Å². The van der Waals surface area contributed by atoms with Crippen molar-refractivity contribution in [2.24, 2.45) is 0 Å². The van der Waals surface area contributed by atoms with Gasteiger partial charge in [-0.2, -0.15) is 0 Å². The van der Waals surface area contributed by atoms with Gasteiger partial charge < -0.3 is 9.84 Å². The van der Waals surface area contributed by atoms with Crippen molar-refractivity contribution in [3.63, 3.8) is 0 Å². The fourth-order valence-electron chi connectivity index (χ4n) is 2.44. The highest BCUT2D eigenvalue weighted by molar-refractivity contribution is 7.76. The molecule has 0 aromatic carbocycles. The van der Waals surface area contributed by atoms with Gasteiger partial charge in [0, 0.05) is 13.3 Å². The third kappa shape index (κ3) is 8.52. The van der Waals surface area contributed by atoms with Crippen molar-refractivity contribution in [3.05, 3.63) is 12.0 Å². The molecule has 0 saturated carbocycles. The molecule has 0 aromatic heterocycles. The second-order valence-electron chi connectivity index (χ2n) is 5.50. The van der Waals surface area contributed by atoms with Crippen LogP contribution in [0.15, 0.2) is 12.0 Å². The summed E-state index contributed by atoms with van der Waals surface area (Å²) in [5, 5.41) is 9.55. The number of hydrogen-bond donors (Lipinski definition) is 1. The van der Waals surface area contributed by atoms with Crippen LogP contribution in [0.1, 0.15) is 59.3 Å². The van der Waals surface area contributed by atoms with Crippen LogP contribution in [0.2, 0.25) is 0 Å². The van der Waals surface area contributed by atoms with E-state index in [1.165, 1.54) is 64.1 Å². The van der Waals surface area contributed by atoms with Crippen LogP contribution in [0.3, 0.4) is 0 Å². The molecule has 114 valence electrons. The lowest BCUT2D eigenvalue weighted by Crippen LogP contribution is -2.12. The predicted octanol–water partition coefficient (Wildman–Crippen LogP) is 5.45. The average Bonchev–Trinajstić information content (AvgIpc) is 2.45. The van der Waals surface area contributed by atoms with Crippen LogP contribution in [0.25, 0.3) is 0 Å². The molecule has 0 radical (unpaired) electrons. The summed E-state index contributed by atoms with van der Waals surface area (Å²) in [5.41, 5.74) is 0. The van der Waals surface area contributed by atoms with E-state index in [2.05, 4.69) is 20.8 Å². The van der Waals surface area contributed by atoms with Gasteiger partial charge in [-0.15, -0.1) is 0 Å². The predicted molar refractivity (Wildman–Crippen MR) is 88.8 cm³/mol. The Morgan fingerprint density at radius 3 is 1.68 bits per heavy atom. The summed E-state index contributed by atoms with van der Waals surface area (Å²) >= 11 is 0. The lowest BCUT2D eigenvalue weighted by molar-refractivity contribution is 0.135. The molecule has 0 rings (SSSR count). The van der Waals surface area contributed by atoms with Gasteiger partial charge in [0.1, 0.15) is 0 Å². The molecular formula is C16H34O2P+. The number of aliphatic hydroxyl groups excluding tert-OH is 1. The first-order valence-electron chi connectivity index (χ1n) is 7.92. The summed E-state index contributed by atoms with van der Waals surface area (Å²) in [5.74, 6) is 0.105. The van der Waals surface area contributed by atoms with Crippen molar-refractivity contribution >= 4 is 7.26 Å². The maximum absolute atomic E-state index is 9.55. The van der Waals surface area contributed by atoms with Gasteiger partial charge in [-0.25, -0.2) is 0 Å². The molecular weight excluding hydrogens is 255 g/mol. The van der Waals surface area contributed by atoms with Crippen molar-refractivity contribution in [2.75, 3.05) is 31.8 Å². The summed E-state index contributed by atoms with van der Waals surface area (Å²) in [6.07, 6.45) is 15.0. The Morgan fingerprint density at radius 2 is 1.37 bits per heavy atom. The van der Waals surface area contributed by atoms with E-state index in [0.717, 1.165) is 6.16 Å². The molecule has 2 nitrogen and oxygen atoms in total. The second-order valence-corrected chi connectivity index (χ2v) is 9.89. The van der Waals surface area contributed by atoms with E-state index in [-0.39, 0.29) is 5.95 Å². The van der Waals surface area contributed by atoms with Gasteiger partial charge in [-0.1, -0.05) is 40.0 Å². The number of hydrogen-bond acceptors (Lipinski definition) is 2. The van der Waals surface area contributed by atoms with Crippen LogP contribution in [0.4, 0.5) is 0 Å². The Balaban J connectivity index is 4.75. The summed E-state index contributed by atoms with van der Waals surface area (Å²) in [6, 6.07) is 0.